The lowest BCUT2D eigenvalue weighted by Crippen LogP contribution is -2.08. The van der Waals surface area contributed by atoms with Crippen LogP contribution in [-0.4, -0.2) is 24.3 Å². The third kappa shape index (κ3) is 1.19. The van der Waals surface area contributed by atoms with E-state index in [-0.39, 0.29) is 0 Å². The van der Waals surface area contributed by atoms with Gasteiger partial charge in [-0.15, -0.1) is 0 Å². The Morgan fingerprint density at radius 3 is 2.71 bits per heavy atom. The van der Waals surface area contributed by atoms with E-state index in [1.807, 2.05) is 27.1 Å². The molecule has 1 heterocycles. The Labute approximate surface area is 82.7 Å². The predicted molar refractivity (Wildman–Crippen MR) is 59.6 cm³/mol. The lowest BCUT2D eigenvalue weighted by atomic mass is 10.1. The first-order valence-electron chi connectivity index (χ1n) is 4.51. The Morgan fingerprint density at radius 1 is 1.36 bits per heavy atom. The maximum absolute atomic E-state index is 5.75. The molecule has 0 saturated heterocycles. The highest BCUT2D eigenvalue weighted by molar-refractivity contribution is 5.93. The van der Waals surface area contributed by atoms with E-state index in [2.05, 4.69) is 21.2 Å². The second-order valence-corrected chi connectivity index (χ2v) is 3.69. The van der Waals surface area contributed by atoms with Crippen molar-refractivity contribution in [3.05, 3.63) is 17.7 Å². The summed E-state index contributed by atoms with van der Waals surface area (Å²) in [6.07, 6.45) is 0. The molecule has 0 fully saturated rings. The zero-order valence-electron chi connectivity index (χ0n) is 8.63. The number of nitrogens with two attached hydrogens (primary N) is 1. The molecule has 4 heteroatoms. The van der Waals surface area contributed by atoms with Crippen LogP contribution < -0.4 is 10.6 Å². The first-order valence-corrected chi connectivity index (χ1v) is 4.51. The summed E-state index contributed by atoms with van der Waals surface area (Å²) in [5, 5.41) is 7.94. The molecule has 0 spiro atoms. The molecule has 1 aromatic heterocycles. The standard InChI is InChI=1S/C10H14N4/c1-6-4-7(14(2)3)5-8-9(6)10(11)13-12-8/h4-5H,1-3H3,(H3,11,12,13). The molecule has 0 aliphatic rings. The van der Waals surface area contributed by atoms with Crippen molar-refractivity contribution in [2.24, 2.45) is 0 Å². The Balaban J connectivity index is 2.74. The third-order valence-corrected chi connectivity index (χ3v) is 2.39. The van der Waals surface area contributed by atoms with Gasteiger partial charge in [-0.3, -0.25) is 5.10 Å². The first kappa shape index (κ1) is 8.87. The smallest absolute Gasteiger partial charge is 0.153 e. The van der Waals surface area contributed by atoms with Gasteiger partial charge < -0.3 is 10.6 Å². The molecule has 0 bridgehead atoms. The number of nitrogen functional groups attached to an aromatic ring is 1. The highest BCUT2D eigenvalue weighted by Crippen LogP contribution is 2.26. The van der Waals surface area contributed by atoms with Gasteiger partial charge in [0.05, 0.1) is 5.52 Å². The van der Waals surface area contributed by atoms with E-state index in [4.69, 9.17) is 5.73 Å². The fraction of sp³-hybridized carbons (Fsp3) is 0.300. The third-order valence-electron chi connectivity index (χ3n) is 2.39. The van der Waals surface area contributed by atoms with E-state index >= 15 is 0 Å². The van der Waals surface area contributed by atoms with Crippen molar-refractivity contribution in [2.45, 2.75) is 6.92 Å². The first-order chi connectivity index (χ1) is 6.59. The molecule has 74 valence electrons. The van der Waals surface area contributed by atoms with Crippen LogP contribution in [0.1, 0.15) is 5.56 Å². The van der Waals surface area contributed by atoms with Crippen LogP contribution in [0.4, 0.5) is 11.5 Å². The molecule has 0 radical (unpaired) electrons. The van der Waals surface area contributed by atoms with Crippen molar-refractivity contribution in [1.82, 2.24) is 10.2 Å². The summed E-state index contributed by atoms with van der Waals surface area (Å²) in [7, 11) is 4.03. The number of H-pyrrole nitrogens is 1. The number of nitrogens with zero attached hydrogens (tertiary/aromatic N) is 2. The normalized spacial score (nSPS) is 10.8. The molecule has 3 N–H and O–H groups in total. The zero-order chi connectivity index (χ0) is 10.3. The minimum atomic E-state index is 0.572. The predicted octanol–water partition coefficient (Wildman–Crippen LogP) is 1.52. The lowest BCUT2D eigenvalue weighted by molar-refractivity contribution is 1.11. The second kappa shape index (κ2) is 2.90. The summed E-state index contributed by atoms with van der Waals surface area (Å²) in [5.41, 5.74) is 9.04. The maximum atomic E-state index is 5.75. The molecule has 14 heavy (non-hydrogen) atoms. The highest BCUT2D eigenvalue weighted by atomic mass is 15.2. The number of rotatable bonds is 1. The van der Waals surface area contributed by atoms with Gasteiger partial charge in [0.2, 0.25) is 0 Å². The largest absolute Gasteiger partial charge is 0.382 e. The van der Waals surface area contributed by atoms with Crippen molar-refractivity contribution >= 4 is 22.4 Å². The summed E-state index contributed by atoms with van der Waals surface area (Å²) in [5.74, 6) is 0.572. The summed E-state index contributed by atoms with van der Waals surface area (Å²) < 4.78 is 0. The number of aromatic amines is 1. The molecule has 0 unspecified atom stereocenters. The Kier molecular flexibility index (Phi) is 1.84. The van der Waals surface area contributed by atoms with Gasteiger partial charge in [0.15, 0.2) is 5.82 Å². The SMILES string of the molecule is Cc1cc(N(C)C)cc2[nH]nc(N)c12. The minimum absolute atomic E-state index is 0.572. The van der Waals surface area contributed by atoms with Crippen LogP contribution in [-0.2, 0) is 0 Å². The monoisotopic (exact) mass is 190 g/mol. The molecule has 4 nitrogen and oxygen atoms in total. The molecule has 2 aromatic rings. The summed E-state index contributed by atoms with van der Waals surface area (Å²) in [6, 6.07) is 4.15. The quantitative estimate of drug-likeness (QED) is 0.716. The number of anilines is 2. The van der Waals surface area contributed by atoms with Crippen molar-refractivity contribution in [1.29, 1.82) is 0 Å². The van der Waals surface area contributed by atoms with Crippen LogP contribution in [0.2, 0.25) is 0 Å². The van der Waals surface area contributed by atoms with Crippen molar-refractivity contribution in [3.8, 4) is 0 Å². The Bertz CT molecular complexity index is 470. The van der Waals surface area contributed by atoms with Gasteiger partial charge in [-0.2, -0.15) is 5.10 Å². The number of hydrogen-bond acceptors (Lipinski definition) is 3. The topological polar surface area (TPSA) is 57.9 Å². The van der Waals surface area contributed by atoms with Gasteiger partial charge in [0, 0.05) is 25.2 Å². The fourth-order valence-corrected chi connectivity index (χ4v) is 1.63. The molecular weight excluding hydrogens is 176 g/mol. The van der Waals surface area contributed by atoms with Crippen LogP contribution in [0.25, 0.3) is 10.9 Å². The summed E-state index contributed by atoms with van der Waals surface area (Å²) >= 11 is 0. The average molecular weight is 190 g/mol. The van der Waals surface area contributed by atoms with Gasteiger partial charge in [-0.05, 0) is 24.6 Å². The van der Waals surface area contributed by atoms with E-state index in [1.165, 1.54) is 0 Å². The lowest BCUT2D eigenvalue weighted by Gasteiger charge is -2.13. The highest BCUT2D eigenvalue weighted by Gasteiger charge is 2.07. The van der Waals surface area contributed by atoms with E-state index in [0.717, 1.165) is 22.2 Å². The van der Waals surface area contributed by atoms with Crippen LogP contribution in [0.5, 0.6) is 0 Å². The van der Waals surface area contributed by atoms with E-state index in [0.29, 0.717) is 5.82 Å². The van der Waals surface area contributed by atoms with Crippen LogP contribution in [0.3, 0.4) is 0 Å². The van der Waals surface area contributed by atoms with Crippen molar-refractivity contribution in [2.75, 3.05) is 24.7 Å². The second-order valence-electron chi connectivity index (χ2n) is 3.69. The number of fused-ring (bicyclic) bond motifs is 1. The van der Waals surface area contributed by atoms with Gasteiger partial charge in [0.25, 0.3) is 0 Å². The van der Waals surface area contributed by atoms with Gasteiger partial charge in [-0.1, -0.05) is 0 Å². The molecule has 0 aliphatic carbocycles. The van der Waals surface area contributed by atoms with Gasteiger partial charge in [-0.25, -0.2) is 0 Å². The van der Waals surface area contributed by atoms with Crippen LogP contribution >= 0.6 is 0 Å². The van der Waals surface area contributed by atoms with Crippen LogP contribution in [0.15, 0.2) is 12.1 Å². The Morgan fingerprint density at radius 2 is 2.07 bits per heavy atom. The van der Waals surface area contributed by atoms with E-state index in [9.17, 15) is 0 Å². The molecule has 0 saturated carbocycles. The van der Waals surface area contributed by atoms with Gasteiger partial charge in [0.1, 0.15) is 0 Å². The van der Waals surface area contributed by atoms with Crippen molar-refractivity contribution in [3.63, 3.8) is 0 Å². The van der Waals surface area contributed by atoms with Crippen molar-refractivity contribution < 1.29 is 0 Å². The number of nitrogens with one attached hydrogen (secondary N) is 1. The van der Waals surface area contributed by atoms with Gasteiger partial charge >= 0.3 is 0 Å². The minimum Gasteiger partial charge on any atom is -0.382 e. The number of aromatic nitrogens is 2. The summed E-state index contributed by atoms with van der Waals surface area (Å²) in [6.45, 7) is 2.04. The summed E-state index contributed by atoms with van der Waals surface area (Å²) in [4.78, 5) is 2.06. The molecule has 0 atom stereocenters. The number of aryl methyl sites for hydroxylation is 1. The maximum Gasteiger partial charge on any atom is 0.153 e. The van der Waals surface area contributed by atoms with E-state index < -0.39 is 0 Å². The van der Waals surface area contributed by atoms with Crippen LogP contribution in [0, 0.1) is 6.92 Å². The fourth-order valence-electron chi connectivity index (χ4n) is 1.63. The number of hydrogen-bond donors (Lipinski definition) is 2. The molecule has 1 aromatic carbocycles. The molecule has 0 aliphatic heterocycles. The average Bonchev–Trinajstić information content (AvgIpc) is 2.48. The molecule has 0 amide bonds. The zero-order valence-corrected chi connectivity index (χ0v) is 8.63. The Hall–Kier alpha value is -1.71. The molecular formula is C10H14N4. The number of benzene rings is 1. The molecule has 2 rings (SSSR count). The van der Waals surface area contributed by atoms with E-state index in [1.54, 1.807) is 0 Å².